The summed E-state index contributed by atoms with van der Waals surface area (Å²) in [6.07, 6.45) is 4.65. The average Bonchev–Trinajstić information content (AvgIpc) is 2.27. The highest BCUT2D eigenvalue weighted by molar-refractivity contribution is 4.95. The van der Waals surface area contributed by atoms with Crippen LogP contribution in [-0.4, -0.2) is 41.3 Å². The zero-order valence-electron chi connectivity index (χ0n) is 11.1. The van der Waals surface area contributed by atoms with Gasteiger partial charge in [-0.15, -0.1) is 0 Å². The van der Waals surface area contributed by atoms with Gasteiger partial charge in [-0.3, -0.25) is 4.90 Å². The lowest BCUT2D eigenvalue weighted by Crippen LogP contribution is -2.57. The molecule has 0 radical (unpaired) electrons. The number of β-amino-alcohol motifs (C(OH)–C–C–N with tert-alkyl or cyclic N) is 1. The summed E-state index contributed by atoms with van der Waals surface area (Å²) in [4.78, 5) is 2.39. The summed E-state index contributed by atoms with van der Waals surface area (Å²) in [7, 11) is 0. The SMILES string of the molecule is CCN(CC(C)O)C1(CN)CCC(C)CC1. The molecule has 1 atom stereocenters. The Morgan fingerprint density at radius 2 is 2.00 bits per heavy atom. The standard InChI is InChI=1S/C13H28N2O/c1-4-15(9-12(3)16)13(10-14)7-5-11(2)6-8-13/h11-12,16H,4-10,14H2,1-3H3. The van der Waals surface area contributed by atoms with E-state index < -0.39 is 0 Å². The minimum atomic E-state index is -0.261. The molecule has 0 aromatic carbocycles. The van der Waals surface area contributed by atoms with Crippen molar-refractivity contribution in [3.63, 3.8) is 0 Å². The highest BCUT2D eigenvalue weighted by Crippen LogP contribution is 2.35. The second-order valence-corrected chi connectivity index (χ2v) is 5.50. The van der Waals surface area contributed by atoms with Gasteiger partial charge in [-0.2, -0.15) is 0 Å². The summed E-state index contributed by atoms with van der Waals surface area (Å²) in [6.45, 7) is 8.81. The van der Waals surface area contributed by atoms with Crippen molar-refractivity contribution in [1.82, 2.24) is 4.90 Å². The lowest BCUT2D eigenvalue weighted by molar-refractivity contribution is 0.0153. The molecule has 1 fully saturated rings. The first-order valence-corrected chi connectivity index (χ1v) is 6.67. The maximum absolute atomic E-state index is 9.56. The Hall–Kier alpha value is -0.120. The summed E-state index contributed by atoms with van der Waals surface area (Å²) in [5.74, 6) is 0.838. The molecule has 1 aliphatic rings. The maximum atomic E-state index is 9.56. The summed E-state index contributed by atoms with van der Waals surface area (Å²) in [5, 5.41) is 9.56. The van der Waals surface area contributed by atoms with Gasteiger partial charge in [0.15, 0.2) is 0 Å². The number of nitrogens with zero attached hydrogens (tertiary/aromatic N) is 1. The van der Waals surface area contributed by atoms with E-state index in [4.69, 9.17) is 5.73 Å². The monoisotopic (exact) mass is 228 g/mol. The molecule has 3 N–H and O–H groups in total. The van der Waals surface area contributed by atoms with Crippen molar-refractivity contribution >= 4 is 0 Å². The van der Waals surface area contributed by atoms with Gasteiger partial charge in [-0.05, 0) is 45.1 Å². The average molecular weight is 228 g/mol. The molecular weight excluding hydrogens is 200 g/mol. The van der Waals surface area contributed by atoms with E-state index in [-0.39, 0.29) is 11.6 Å². The van der Waals surface area contributed by atoms with Gasteiger partial charge in [0.1, 0.15) is 0 Å². The molecule has 1 unspecified atom stereocenters. The van der Waals surface area contributed by atoms with Gasteiger partial charge in [0, 0.05) is 18.6 Å². The van der Waals surface area contributed by atoms with Crippen molar-refractivity contribution in [3.8, 4) is 0 Å². The lowest BCUT2D eigenvalue weighted by atomic mass is 9.76. The molecule has 0 amide bonds. The van der Waals surface area contributed by atoms with Crippen LogP contribution in [0.3, 0.4) is 0 Å². The van der Waals surface area contributed by atoms with Gasteiger partial charge in [-0.1, -0.05) is 13.8 Å². The molecule has 1 saturated carbocycles. The van der Waals surface area contributed by atoms with Gasteiger partial charge < -0.3 is 10.8 Å². The van der Waals surface area contributed by atoms with Crippen LogP contribution < -0.4 is 5.73 Å². The first kappa shape index (κ1) is 13.9. The summed E-state index contributed by atoms with van der Waals surface area (Å²) in [6, 6.07) is 0. The Morgan fingerprint density at radius 3 is 2.38 bits per heavy atom. The van der Waals surface area contributed by atoms with Crippen LogP contribution in [0, 0.1) is 5.92 Å². The molecule has 0 heterocycles. The Bertz CT molecular complexity index is 198. The molecule has 1 rings (SSSR count). The zero-order valence-corrected chi connectivity index (χ0v) is 11.1. The Labute approximate surface area is 100 Å². The van der Waals surface area contributed by atoms with E-state index >= 15 is 0 Å². The van der Waals surface area contributed by atoms with Gasteiger partial charge in [0.25, 0.3) is 0 Å². The van der Waals surface area contributed by atoms with Crippen LogP contribution in [0.5, 0.6) is 0 Å². The first-order chi connectivity index (χ1) is 7.54. The molecule has 0 saturated heterocycles. The number of aliphatic hydroxyl groups excluding tert-OH is 1. The van der Waals surface area contributed by atoms with Gasteiger partial charge in [0.2, 0.25) is 0 Å². The number of aliphatic hydroxyl groups is 1. The van der Waals surface area contributed by atoms with Crippen molar-refractivity contribution in [1.29, 1.82) is 0 Å². The Kier molecular flexibility index (Phi) is 5.22. The van der Waals surface area contributed by atoms with Crippen LogP contribution in [-0.2, 0) is 0 Å². The fourth-order valence-electron chi connectivity index (χ4n) is 2.93. The summed E-state index contributed by atoms with van der Waals surface area (Å²) in [5.41, 5.74) is 6.16. The predicted octanol–water partition coefficient (Wildman–Crippen LogP) is 1.60. The van der Waals surface area contributed by atoms with E-state index in [1.54, 1.807) is 0 Å². The van der Waals surface area contributed by atoms with E-state index in [2.05, 4.69) is 18.7 Å². The molecule has 0 bridgehead atoms. The van der Waals surface area contributed by atoms with Crippen LogP contribution in [0.25, 0.3) is 0 Å². The van der Waals surface area contributed by atoms with Crippen molar-refractivity contribution in [2.75, 3.05) is 19.6 Å². The number of rotatable bonds is 5. The molecule has 0 aromatic rings. The predicted molar refractivity (Wildman–Crippen MR) is 68.3 cm³/mol. The normalized spacial score (nSPS) is 33.0. The number of nitrogens with two attached hydrogens (primary N) is 1. The van der Waals surface area contributed by atoms with E-state index in [0.29, 0.717) is 0 Å². The van der Waals surface area contributed by atoms with E-state index in [9.17, 15) is 5.11 Å². The summed E-state index contributed by atoms with van der Waals surface area (Å²) >= 11 is 0. The van der Waals surface area contributed by atoms with Crippen molar-refractivity contribution in [2.24, 2.45) is 11.7 Å². The van der Waals surface area contributed by atoms with Gasteiger partial charge in [0.05, 0.1) is 6.10 Å². The smallest absolute Gasteiger partial charge is 0.0639 e. The third-order valence-corrected chi connectivity index (χ3v) is 4.12. The van der Waals surface area contributed by atoms with Crippen molar-refractivity contribution in [2.45, 2.75) is 58.1 Å². The number of hydrogen-bond donors (Lipinski definition) is 2. The lowest BCUT2D eigenvalue weighted by Gasteiger charge is -2.47. The Balaban J connectivity index is 2.69. The first-order valence-electron chi connectivity index (χ1n) is 6.67. The molecule has 3 heteroatoms. The third kappa shape index (κ3) is 3.19. The molecule has 0 spiro atoms. The van der Waals surface area contributed by atoms with Crippen LogP contribution in [0.4, 0.5) is 0 Å². The van der Waals surface area contributed by atoms with Crippen LogP contribution >= 0.6 is 0 Å². The second-order valence-electron chi connectivity index (χ2n) is 5.50. The molecular formula is C13H28N2O. The molecule has 3 nitrogen and oxygen atoms in total. The topological polar surface area (TPSA) is 49.5 Å². The van der Waals surface area contributed by atoms with Gasteiger partial charge >= 0.3 is 0 Å². The number of likely N-dealkylation sites (N-methyl/N-ethyl adjacent to an activating group) is 1. The van der Waals surface area contributed by atoms with Crippen molar-refractivity contribution < 1.29 is 5.11 Å². The van der Waals surface area contributed by atoms with Gasteiger partial charge in [-0.25, -0.2) is 0 Å². The number of hydrogen-bond acceptors (Lipinski definition) is 3. The van der Waals surface area contributed by atoms with Crippen LogP contribution in [0.1, 0.15) is 46.5 Å². The second kappa shape index (κ2) is 5.99. The Morgan fingerprint density at radius 1 is 1.44 bits per heavy atom. The van der Waals surface area contributed by atoms with Crippen LogP contribution in [0.2, 0.25) is 0 Å². The maximum Gasteiger partial charge on any atom is 0.0639 e. The molecule has 16 heavy (non-hydrogen) atoms. The third-order valence-electron chi connectivity index (χ3n) is 4.12. The largest absolute Gasteiger partial charge is 0.392 e. The highest BCUT2D eigenvalue weighted by Gasteiger charge is 2.37. The minimum Gasteiger partial charge on any atom is -0.392 e. The highest BCUT2D eigenvalue weighted by atomic mass is 16.3. The van der Waals surface area contributed by atoms with Crippen LogP contribution in [0.15, 0.2) is 0 Å². The summed E-state index contributed by atoms with van der Waals surface area (Å²) < 4.78 is 0. The molecule has 0 aliphatic heterocycles. The van der Waals surface area contributed by atoms with E-state index in [1.807, 2.05) is 6.92 Å². The fraction of sp³-hybridized carbons (Fsp3) is 1.00. The zero-order chi connectivity index (χ0) is 12.2. The molecule has 0 aromatic heterocycles. The molecule has 1 aliphatic carbocycles. The molecule has 96 valence electrons. The van der Waals surface area contributed by atoms with E-state index in [1.165, 1.54) is 25.7 Å². The van der Waals surface area contributed by atoms with Crippen molar-refractivity contribution in [3.05, 3.63) is 0 Å². The quantitative estimate of drug-likeness (QED) is 0.751. The fourth-order valence-corrected chi connectivity index (χ4v) is 2.93. The minimum absolute atomic E-state index is 0.151. The van der Waals surface area contributed by atoms with E-state index in [0.717, 1.165) is 25.6 Å².